The topological polar surface area (TPSA) is 24.5 Å². The third-order valence-electron chi connectivity index (χ3n) is 2.48. The highest BCUT2D eigenvalue weighted by Gasteiger charge is 1.95. The minimum atomic E-state index is 0. The Morgan fingerprint density at radius 1 is 1.11 bits per heavy atom. The third kappa shape index (κ3) is 7.77. The van der Waals surface area contributed by atoms with E-state index < -0.39 is 0 Å². The van der Waals surface area contributed by atoms with Gasteiger partial charge in [0.2, 0.25) is 0 Å². The van der Waals surface area contributed by atoms with Crippen LogP contribution in [-0.4, -0.2) is 34.4 Å². The van der Waals surface area contributed by atoms with Crippen molar-refractivity contribution in [2.75, 3.05) is 39.3 Å². The van der Waals surface area contributed by atoms with Crippen LogP contribution in [0.25, 0.3) is 0 Å². The third-order valence-corrected chi connectivity index (χ3v) is 2.48. The largest absolute Gasteiger partial charge is 0.385 e. The first-order valence-electron chi connectivity index (χ1n) is 5.70. The maximum atomic E-state index is 4.99. The predicted octanol–water partition coefficient (Wildman–Crippen LogP) is 2.72. The number of ether oxygens (including phenoxy) is 1. The molecule has 5 heteroatoms. The van der Waals surface area contributed by atoms with Gasteiger partial charge < -0.3 is 15.0 Å². The molecule has 0 fully saturated rings. The molecule has 1 N–H and O–H groups in total. The molecule has 1 rings (SSSR count). The zero-order valence-corrected chi connectivity index (χ0v) is 12.9. The number of methoxy groups -OCH3 is 1. The maximum absolute atomic E-state index is 4.99. The quantitative estimate of drug-likeness (QED) is 0.783. The highest BCUT2D eigenvalue weighted by molar-refractivity contribution is 5.85. The van der Waals surface area contributed by atoms with E-state index in [0.717, 1.165) is 26.1 Å². The van der Waals surface area contributed by atoms with Crippen molar-refractivity contribution in [1.82, 2.24) is 5.32 Å². The first kappa shape index (κ1) is 19.9. The fourth-order valence-corrected chi connectivity index (χ4v) is 1.49. The number of nitrogens with zero attached hydrogens (tertiary/aromatic N) is 1. The zero-order chi connectivity index (χ0) is 11.8. The van der Waals surface area contributed by atoms with Crippen LogP contribution in [0.5, 0.6) is 0 Å². The van der Waals surface area contributed by atoms with Crippen LogP contribution in [0.3, 0.4) is 0 Å². The van der Waals surface area contributed by atoms with Gasteiger partial charge >= 0.3 is 0 Å². The normalized spacial score (nSPS) is 9.28. The SMILES string of the molecule is COCCCNCc1ccc(N(C)C)cc1.Cl.Cl. The summed E-state index contributed by atoms with van der Waals surface area (Å²) in [6.45, 7) is 2.76. The Labute approximate surface area is 123 Å². The summed E-state index contributed by atoms with van der Waals surface area (Å²) in [7, 11) is 5.84. The second-order valence-electron chi connectivity index (χ2n) is 4.08. The van der Waals surface area contributed by atoms with Crippen LogP contribution in [0.4, 0.5) is 5.69 Å². The Morgan fingerprint density at radius 3 is 2.22 bits per heavy atom. The van der Waals surface area contributed by atoms with Gasteiger partial charge in [-0.3, -0.25) is 0 Å². The van der Waals surface area contributed by atoms with Crippen LogP contribution in [0.15, 0.2) is 24.3 Å². The van der Waals surface area contributed by atoms with Gasteiger partial charge in [0.25, 0.3) is 0 Å². The first-order valence-corrected chi connectivity index (χ1v) is 5.70. The van der Waals surface area contributed by atoms with E-state index in [4.69, 9.17) is 4.74 Å². The molecule has 0 aliphatic rings. The molecule has 0 aliphatic heterocycles. The van der Waals surface area contributed by atoms with Crippen LogP contribution in [0.2, 0.25) is 0 Å². The van der Waals surface area contributed by atoms with Crippen molar-refractivity contribution in [3.63, 3.8) is 0 Å². The minimum Gasteiger partial charge on any atom is -0.385 e. The highest BCUT2D eigenvalue weighted by atomic mass is 35.5. The summed E-state index contributed by atoms with van der Waals surface area (Å²) in [5.74, 6) is 0. The molecular formula is C13H24Cl2N2O. The molecule has 0 unspecified atom stereocenters. The van der Waals surface area contributed by atoms with Crippen molar-refractivity contribution in [3.05, 3.63) is 29.8 Å². The summed E-state index contributed by atoms with van der Waals surface area (Å²) in [6, 6.07) is 8.62. The minimum absolute atomic E-state index is 0. The fraction of sp³-hybridized carbons (Fsp3) is 0.538. The number of rotatable bonds is 7. The van der Waals surface area contributed by atoms with Crippen LogP contribution < -0.4 is 10.2 Å². The smallest absolute Gasteiger partial charge is 0.0474 e. The molecular weight excluding hydrogens is 271 g/mol. The summed E-state index contributed by atoms with van der Waals surface area (Å²) in [4.78, 5) is 2.11. The van der Waals surface area contributed by atoms with Gasteiger partial charge in [-0.1, -0.05) is 12.1 Å². The average Bonchev–Trinajstić information content (AvgIpc) is 2.29. The first-order chi connectivity index (χ1) is 7.74. The Kier molecular flexibility index (Phi) is 12.8. The van der Waals surface area contributed by atoms with E-state index in [1.165, 1.54) is 11.3 Å². The molecule has 1 aromatic rings. The lowest BCUT2D eigenvalue weighted by Crippen LogP contribution is -2.16. The molecule has 0 atom stereocenters. The average molecular weight is 295 g/mol. The monoisotopic (exact) mass is 294 g/mol. The van der Waals surface area contributed by atoms with Gasteiger partial charge in [0.15, 0.2) is 0 Å². The summed E-state index contributed by atoms with van der Waals surface area (Å²) in [6.07, 6.45) is 1.06. The van der Waals surface area contributed by atoms with Crippen molar-refractivity contribution in [1.29, 1.82) is 0 Å². The number of halogens is 2. The zero-order valence-electron chi connectivity index (χ0n) is 11.3. The highest BCUT2D eigenvalue weighted by Crippen LogP contribution is 2.11. The predicted molar refractivity (Wildman–Crippen MR) is 83.5 cm³/mol. The Hall–Kier alpha value is -0.480. The molecule has 1 aromatic carbocycles. The second-order valence-corrected chi connectivity index (χ2v) is 4.08. The van der Waals surface area contributed by atoms with Gasteiger partial charge in [-0.15, -0.1) is 24.8 Å². The molecule has 0 aliphatic carbocycles. The van der Waals surface area contributed by atoms with E-state index in [1.54, 1.807) is 7.11 Å². The van der Waals surface area contributed by atoms with Gasteiger partial charge in [0.05, 0.1) is 0 Å². The summed E-state index contributed by atoms with van der Waals surface area (Å²) >= 11 is 0. The Bertz CT molecular complexity index is 292. The number of benzene rings is 1. The molecule has 0 spiro atoms. The number of hydrogen-bond donors (Lipinski definition) is 1. The van der Waals surface area contributed by atoms with E-state index in [1.807, 2.05) is 0 Å². The summed E-state index contributed by atoms with van der Waals surface area (Å²) in [5, 5.41) is 3.39. The van der Waals surface area contributed by atoms with E-state index in [2.05, 4.69) is 48.6 Å². The standard InChI is InChI=1S/C13H22N2O.2ClH/c1-15(2)13-7-5-12(6-8-13)11-14-9-4-10-16-3;;/h5-8,14H,4,9-11H2,1-3H3;2*1H. The van der Waals surface area contributed by atoms with Crippen molar-refractivity contribution < 1.29 is 4.74 Å². The van der Waals surface area contributed by atoms with Crippen LogP contribution >= 0.6 is 24.8 Å². The van der Waals surface area contributed by atoms with Gasteiger partial charge in [-0.05, 0) is 30.7 Å². The number of hydrogen-bond acceptors (Lipinski definition) is 3. The summed E-state index contributed by atoms with van der Waals surface area (Å²) < 4.78 is 4.99. The molecule has 0 heterocycles. The molecule has 0 amide bonds. The summed E-state index contributed by atoms with van der Waals surface area (Å²) in [5.41, 5.74) is 2.56. The van der Waals surface area contributed by atoms with Crippen molar-refractivity contribution in [3.8, 4) is 0 Å². The molecule has 3 nitrogen and oxygen atoms in total. The molecule has 0 saturated heterocycles. The lowest BCUT2D eigenvalue weighted by Gasteiger charge is -2.12. The lowest BCUT2D eigenvalue weighted by molar-refractivity contribution is 0.194. The van der Waals surface area contributed by atoms with Crippen LogP contribution in [0.1, 0.15) is 12.0 Å². The van der Waals surface area contributed by atoms with Gasteiger partial charge in [0.1, 0.15) is 0 Å². The van der Waals surface area contributed by atoms with Gasteiger partial charge in [-0.25, -0.2) is 0 Å². The van der Waals surface area contributed by atoms with Crippen LogP contribution in [-0.2, 0) is 11.3 Å². The van der Waals surface area contributed by atoms with E-state index in [0.29, 0.717) is 0 Å². The van der Waals surface area contributed by atoms with Crippen molar-refractivity contribution in [2.45, 2.75) is 13.0 Å². The molecule has 0 saturated carbocycles. The lowest BCUT2D eigenvalue weighted by atomic mass is 10.2. The molecule has 0 radical (unpaired) electrons. The maximum Gasteiger partial charge on any atom is 0.0474 e. The Morgan fingerprint density at radius 2 is 1.72 bits per heavy atom. The molecule has 0 aromatic heterocycles. The number of anilines is 1. The molecule has 18 heavy (non-hydrogen) atoms. The van der Waals surface area contributed by atoms with E-state index in [-0.39, 0.29) is 24.8 Å². The molecule has 0 bridgehead atoms. The second kappa shape index (κ2) is 11.6. The number of nitrogens with one attached hydrogen (secondary N) is 1. The van der Waals surface area contributed by atoms with Crippen molar-refractivity contribution >= 4 is 30.5 Å². The van der Waals surface area contributed by atoms with Gasteiger partial charge in [-0.2, -0.15) is 0 Å². The fourth-order valence-electron chi connectivity index (χ4n) is 1.49. The van der Waals surface area contributed by atoms with E-state index >= 15 is 0 Å². The van der Waals surface area contributed by atoms with Gasteiger partial charge in [0, 0.05) is 40.0 Å². The Balaban J connectivity index is 0. The molecule has 106 valence electrons. The van der Waals surface area contributed by atoms with Crippen molar-refractivity contribution in [2.24, 2.45) is 0 Å². The van der Waals surface area contributed by atoms with Crippen LogP contribution in [0, 0.1) is 0 Å². The van der Waals surface area contributed by atoms with E-state index in [9.17, 15) is 0 Å².